The van der Waals surface area contributed by atoms with E-state index in [1.807, 2.05) is 20.1 Å². The van der Waals surface area contributed by atoms with Crippen molar-refractivity contribution in [2.45, 2.75) is 190 Å². The van der Waals surface area contributed by atoms with Crippen molar-refractivity contribution in [3.05, 3.63) is 71.8 Å². The Morgan fingerprint density at radius 3 is 1.48 bits per heavy atom. The van der Waals surface area contributed by atoms with Crippen LogP contribution in [-0.4, -0.2) is 214 Å². The third-order valence-corrected chi connectivity index (χ3v) is 16.7. The van der Waals surface area contributed by atoms with Crippen molar-refractivity contribution in [2.24, 2.45) is 51.0 Å². The maximum absolute atomic E-state index is 14.7. The van der Waals surface area contributed by atoms with Gasteiger partial charge in [-0.05, 0) is 119 Å². The van der Waals surface area contributed by atoms with Gasteiger partial charge in [-0.15, -0.1) is 0 Å². The van der Waals surface area contributed by atoms with Crippen molar-refractivity contribution in [1.82, 2.24) is 52.3 Å². The van der Waals surface area contributed by atoms with Gasteiger partial charge in [-0.3, -0.25) is 72.1 Å². The van der Waals surface area contributed by atoms with Gasteiger partial charge >= 0.3 is 0 Å². The highest BCUT2D eigenvalue weighted by Gasteiger charge is 2.42. The molecule has 13 amide bonds. The molecule has 4 rings (SSSR count). The minimum absolute atomic E-state index is 0. The van der Waals surface area contributed by atoms with Gasteiger partial charge in [-0.2, -0.15) is 11.8 Å². The van der Waals surface area contributed by atoms with E-state index in [0.717, 1.165) is 6.92 Å². The molecule has 2 heterocycles. The zero-order valence-corrected chi connectivity index (χ0v) is 58.2. The van der Waals surface area contributed by atoms with Crippen molar-refractivity contribution in [1.29, 1.82) is 0 Å². The molecule has 2 saturated heterocycles. The smallest absolute Gasteiger partial charge is 0.300 e. The number of hydrogen-bond donors (Lipinski definition) is 16. The summed E-state index contributed by atoms with van der Waals surface area (Å²) in [5, 5.41) is 28.5. The summed E-state index contributed by atoms with van der Waals surface area (Å²) >= 11 is 1.45. The third kappa shape index (κ3) is 32.0. The number of thioether (sulfide) groups is 1. The van der Waals surface area contributed by atoms with Crippen LogP contribution >= 0.6 is 11.8 Å². The lowest BCUT2D eigenvalue weighted by Gasteiger charge is -2.32. The van der Waals surface area contributed by atoms with Gasteiger partial charge in [0.1, 0.15) is 54.4 Å². The number of nitrogens with two attached hydrogens (primary N) is 7. The van der Waals surface area contributed by atoms with Gasteiger partial charge in [0.05, 0.1) is 12.6 Å². The number of primary amides is 3. The molecule has 2 fully saturated rings. The molecule has 10 atom stereocenters. The van der Waals surface area contributed by atoms with Gasteiger partial charge in [0.25, 0.3) is 5.97 Å². The van der Waals surface area contributed by atoms with Gasteiger partial charge in [0.2, 0.25) is 76.8 Å². The van der Waals surface area contributed by atoms with E-state index in [0.29, 0.717) is 55.4 Å². The maximum Gasteiger partial charge on any atom is 0.300 e. The SMILES string of the molecule is CC(=O)O.CSCC[C@H](NC(=O)[C@H](CC(C)C)NC(=O)CNC(=O)C(Cc1ccccc1)NC(=O)[C@H](Cc1ccccc1)NC(=O)[C@H](CCC(N)=O)NC(=O)[C@H](CCC(N)=O)NC(=O)[C@@H]1CCCN1C(=O)[C@H](CCCCN)NC(=O)[C@@H]1CCCN1C(=O)[C@@H](N)CCCN=C(N)N)C(N)=O.O. The second kappa shape index (κ2) is 46.0. The Morgan fingerprint density at radius 2 is 1.01 bits per heavy atom. The highest BCUT2D eigenvalue weighted by atomic mass is 32.2. The minimum Gasteiger partial charge on any atom is -0.481 e. The fourth-order valence-corrected chi connectivity index (χ4v) is 11.5. The molecular weight excluding hydrogens is 1320 g/mol. The van der Waals surface area contributed by atoms with E-state index in [9.17, 15) is 62.3 Å². The number of carboxylic acids is 1. The summed E-state index contributed by atoms with van der Waals surface area (Å²) in [6, 6.07) is 4.51. The molecule has 100 heavy (non-hydrogen) atoms. The largest absolute Gasteiger partial charge is 0.481 e. The number of likely N-dealkylation sites (tertiary alicyclic amines) is 2. The number of nitrogens with zero attached hydrogens (tertiary/aromatic N) is 3. The number of benzene rings is 2. The number of unbranched alkanes of at least 4 members (excludes halogenated alkanes) is 1. The Kier molecular flexibility index (Phi) is 39.8. The molecule has 2 aliphatic heterocycles. The van der Waals surface area contributed by atoms with Crippen LogP contribution in [0.5, 0.6) is 0 Å². The van der Waals surface area contributed by atoms with Crippen molar-refractivity contribution in [3.8, 4) is 0 Å². The summed E-state index contributed by atoms with van der Waals surface area (Å²) in [5.41, 5.74) is 40.6. The number of carboxylic acid groups (broad SMARTS) is 1. The number of aliphatic imine (C=N–C) groups is 1. The van der Waals surface area contributed by atoms with Crippen LogP contribution in [0.4, 0.5) is 0 Å². The zero-order chi connectivity index (χ0) is 73.7. The fraction of sp³-hybridized carbons (Fsp3) is 0.585. The zero-order valence-electron chi connectivity index (χ0n) is 57.3. The molecule has 0 saturated carbocycles. The van der Waals surface area contributed by atoms with Gasteiger partial charge < -0.3 is 103 Å². The first-order valence-corrected chi connectivity index (χ1v) is 34.5. The molecule has 2 aromatic rings. The van der Waals surface area contributed by atoms with E-state index in [1.165, 1.54) is 21.6 Å². The first-order valence-electron chi connectivity index (χ1n) is 33.1. The van der Waals surface area contributed by atoms with Crippen LogP contribution in [0, 0.1) is 5.92 Å². The molecule has 2 aliphatic rings. The van der Waals surface area contributed by atoms with E-state index in [-0.39, 0.29) is 88.5 Å². The van der Waals surface area contributed by atoms with Gasteiger partial charge in [-0.1, -0.05) is 74.5 Å². The summed E-state index contributed by atoms with van der Waals surface area (Å²) < 4.78 is 0. The first kappa shape index (κ1) is 86.6. The van der Waals surface area contributed by atoms with Crippen LogP contribution in [0.15, 0.2) is 65.7 Å². The Hall–Kier alpha value is -9.48. The molecule has 0 radical (unpaired) electrons. The van der Waals surface area contributed by atoms with E-state index in [4.69, 9.17) is 50.0 Å². The van der Waals surface area contributed by atoms with Crippen LogP contribution in [0.2, 0.25) is 0 Å². The number of guanidine groups is 1. The lowest BCUT2D eigenvalue weighted by atomic mass is 10.0. The normalized spacial score (nSPS) is 16.2. The molecular formula is C65H104N18O16S. The van der Waals surface area contributed by atoms with E-state index >= 15 is 0 Å². The molecule has 0 spiro atoms. The Balaban J connectivity index is 0.00000661. The van der Waals surface area contributed by atoms with Crippen LogP contribution in [0.3, 0.4) is 0 Å². The molecule has 0 aliphatic carbocycles. The first-order chi connectivity index (χ1) is 47.0. The summed E-state index contributed by atoms with van der Waals surface area (Å²) in [7, 11) is 0. The average molecular weight is 1430 g/mol. The molecule has 35 heteroatoms. The van der Waals surface area contributed by atoms with Crippen LogP contribution in [0.1, 0.15) is 128 Å². The quantitative estimate of drug-likeness (QED) is 0.0169. The number of hydrogen-bond acceptors (Lipinski definition) is 18. The molecule has 1 unspecified atom stereocenters. The lowest BCUT2D eigenvalue weighted by molar-refractivity contribution is -0.144. The molecule has 2 aromatic carbocycles. The number of aliphatic carboxylic acids is 1. The number of carbonyl (C=O) groups excluding carboxylic acids is 13. The van der Waals surface area contributed by atoms with E-state index in [2.05, 4.69) is 47.5 Å². The van der Waals surface area contributed by atoms with Crippen molar-refractivity contribution in [2.75, 3.05) is 44.7 Å². The molecule has 0 bridgehead atoms. The van der Waals surface area contributed by atoms with Gasteiger partial charge in [-0.25, -0.2) is 0 Å². The topological polar surface area (TPSA) is 588 Å². The third-order valence-electron chi connectivity index (χ3n) is 16.0. The fourth-order valence-electron chi connectivity index (χ4n) is 11.0. The molecule has 0 aromatic heterocycles. The summed E-state index contributed by atoms with van der Waals surface area (Å²) in [5.74, 6) is -10.6. The minimum atomic E-state index is -1.64. The van der Waals surface area contributed by atoms with Crippen LogP contribution in [0.25, 0.3) is 0 Å². The molecule has 25 N–H and O–H groups in total. The predicted molar refractivity (Wildman–Crippen MR) is 373 cm³/mol. The summed E-state index contributed by atoms with van der Waals surface area (Å²) in [4.78, 5) is 194. The summed E-state index contributed by atoms with van der Waals surface area (Å²) in [6.45, 7) is 4.95. The van der Waals surface area contributed by atoms with Gasteiger partial charge in [0.15, 0.2) is 5.96 Å². The Labute approximate surface area is 586 Å². The lowest BCUT2D eigenvalue weighted by Crippen LogP contribution is -2.60. The van der Waals surface area contributed by atoms with Crippen molar-refractivity contribution < 1.29 is 77.7 Å². The highest BCUT2D eigenvalue weighted by molar-refractivity contribution is 7.98. The monoisotopic (exact) mass is 1420 g/mol. The second-order valence-corrected chi connectivity index (χ2v) is 25.6. The number of rotatable bonds is 42. The van der Waals surface area contributed by atoms with Crippen LogP contribution < -0.4 is 82.7 Å². The van der Waals surface area contributed by atoms with Gasteiger partial charge in [0, 0.05) is 52.2 Å². The Bertz CT molecular complexity index is 3070. The standard InChI is InChI=1S/C63H98N18O13S.C2H4O2.H2O/c1-37(2)33-45(57(89)74-41(53(68)85)27-32-95-3)73-52(84)36-72-54(86)46(34-38-15-6-4-7-16-38)78-58(90)47(35-39-17-8-5-9-18-39)79-56(88)42(23-25-50(66)82)75-55(87)43(24-26-51(67)83)76-59(91)49-22-14-31-81(49)62(94)44(20-10-11-28-64)77-60(92)48-21-13-30-80(48)61(93)40(65)19-12-29-71-63(69)70;1-2(3)4;/h4-9,15-18,37,40-49H,10-14,19-36,64-65H2,1-3H3,(H2,66,82)(H2,67,83)(H2,68,85)(H,72,86)(H,73,84)(H,74,89)(H,75,87)(H,76,91)(H,77,92)(H,78,90)(H,79,88)(H4,69,70,71);1H3,(H,3,4);1H2/t40-,41-,42-,43-,44-,45-,46?,47-,48-,49-;;/m0../s1. The van der Waals surface area contributed by atoms with Crippen molar-refractivity contribution in [3.63, 3.8) is 0 Å². The molecule has 556 valence electrons. The second-order valence-electron chi connectivity index (χ2n) is 24.6. The maximum atomic E-state index is 14.7. The predicted octanol–water partition coefficient (Wildman–Crippen LogP) is -4.44. The summed E-state index contributed by atoms with van der Waals surface area (Å²) in [6.07, 6.45) is 3.12. The number of nitrogens with one attached hydrogen (secondary N) is 8. The highest BCUT2D eigenvalue weighted by Crippen LogP contribution is 2.24. The number of amides is 13. The molecule has 34 nitrogen and oxygen atoms in total. The van der Waals surface area contributed by atoms with E-state index in [1.54, 1.807) is 60.7 Å². The van der Waals surface area contributed by atoms with Crippen LogP contribution in [-0.2, 0) is 80.0 Å². The number of carbonyl (C=O) groups is 14. The average Bonchev–Trinajstić information content (AvgIpc) is 1.64. The Morgan fingerprint density at radius 1 is 0.560 bits per heavy atom. The van der Waals surface area contributed by atoms with Crippen molar-refractivity contribution >= 4 is 100 Å². The van der Waals surface area contributed by atoms with E-state index < -0.39 is 175 Å².